The highest BCUT2D eigenvalue weighted by atomic mass is 32.2. The third-order valence-electron chi connectivity index (χ3n) is 3.45. The van der Waals surface area contributed by atoms with Crippen LogP contribution in [0.5, 0.6) is 0 Å². The van der Waals surface area contributed by atoms with Gasteiger partial charge in [0.1, 0.15) is 16.5 Å². The van der Waals surface area contributed by atoms with Crippen molar-refractivity contribution in [3.05, 3.63) is 29.6 Å². The molecular weight excluding hydrogens is 364 g/mol. The maximum Gasteiger partial charge on any atom is 0.244 e. The molecule has 0 spiro atoms. The van der Waals surface area contributed by atoms with Gasteiger partial charge in [-0.2, -0.15) is 9.57 Å². The molecule has 1 aromatic rings. The number of morpholine rings is 1. The van der Waals surface area contributed by atoms with Gasteiger partial charge in [-0.1, -0.05) is 11.8 Å². The number of thioether (sulfide) groups is 1. The fraction of sp³-hybridized carbons (Fsp3) is 0.400. The van der Waals surface area contributed by atoms with Crippen LogP contribution >= 0.6 is 11.8 Å². The molecule has 134 valence electrons. The number of allylic oxidation sites excluding steroid dienone is 2. The number of pyridine rings is 1. The van der Waals surface area contributed by atoms with Crippen LogP contribution in [-0.4, -0.2) is 55.5 Å². The Morgan fingerprint density at radius 2 is 2.12 bits per heavy atom. The van der Waals surface area contributed by atoms with Gasteiger partial charge in [0, 0.05) is 25.0 Å². The lowest BCUT2D eigenvalue weighted by Gasteiger charge is -2.25. The Labute approximate surface area is 150 Å². The molecule has 0 unspecified atom stereocenters. The number of nitriles is 1. The van der Waals surface area contributed by atoms with Gasteiger partial charge in [-0.15, -0.1) is 0 Å². The highest BCUT2D eigenvalue weighted by Gasteiger charge is 2.26. The molecule has 1 fully saturated rings. The lowest BCUT2D eigenvalue weighted by molar-refractivity contribution is -0.112. The number of ether oxygens (including phenoxy) is 1. The van der Waals surface area contributed by atoms with Crippen LogP contribution in [0.15, 0.2) is 39.5 Å². The van der Waals surface area contributed by atoms with E-state index in [-0.39, 0.29) is 27.7 Å². The van der Waals surface area contributed by atoms with Crippen molar-refractivity contribution in [1.82, 2.24) is 9.29 Å². The van der Waals surface area contributed by atoms with Gasteiger partial charge in [0.2, 0.25) is 10.0 Å². The lowest BCUT2D eigenvalue weighted by atomic mass is 10.2. The second-order valence-corrected chi connectivity index (χ2v) is 8.16. The summed E-state index contributed by atoms with van der Waals surface area (Å²) in [4.78, 5) is 16.1. The summed E-state index contributed by atoms with van der Waals surface area (Å²) in [7, 11) is -3.59. The molecule has 1 aliphatic heterocycles. The van der Waals surface area contributed by atoms with Gasteiger partial charge in [-0.3, -0.25) is 4.79 Å². The minimum Gasteiger partial charge on any atom is -0.401 e. The molecule has 2 rings (SSSR count). The maximum atomic E-state index is 12.5. The smallest absolute Gasteiger partial charge is 0.244 e. The number of carbonyl (C=O) groups excluding carboxylic acids is 1. The zero-order valence-electron chi connectivity index (χ0n) is 13.6. The SMILES string of the molecule is C/C(N)=C(/C#N)C(=O)CSc1ccc(S(=O)(=O)N2CCOCC2)cn1. The van der Waals surface area contributed by atoms with E-state index in [1.165, 1.54) is 29.6 Å². The minimum atomic E-state index is -3.59. The average molecular weight is 382 g/mol. The Hall–Kier alpha value is -1.93. The first-order valence-corrected chi connectivity index (χ1v) is 9.85. The molecule has 0 aromatic carbocycles. The van der Waals surface area contributed by atoms with Crippen molar-refractivity contribution in [3.63, 3.8) is 0 Å². The molecule has 0 aliphatic carbocycles. The number of ketones is 1. The summed E-state index contributed by atoms with van der Waals surface area (Å²) in [6, 6.07) is 4.78. The molecule has 10 heteroatoms. The van der Waals surface area contributed by atoms with Crippen molar-refractivity contribution in [2.45, 2.75) is 16.8 Å². The number of nitrogens with two attached hydrogens (primary N) is 1. The quantitative estimate of drug-likeness (QED) is 0.429. The van der Waals surface area contributed by atoms with Gasteiger partial charge in [-0.05, 0) is 19.1 Å². The predicted molar refractivity (Wildman–Crippen MR) is 92.0 cm³/mol. The molecule has 0 saturated carbocycles. The molecule has 0 bridgehead atoms. The Morgan fingerprint density at radius 1 is 1.44 bits per heavy atom. The van der Waals surface area contributed by atoms with Crippen molar-refractivity contribution >= 4 is 27.6 Å². The first-order valence-electron chi connectivity index (χ1n) is 7.42. The summed E-state index contributed by atoms with van der Waals surface area (Å²) in [6.07, 6.45) is 1.27. The Bertz CT molecular complexity index is 803. The molecule has 0 atom stereocenters. The number of hydrogen-bond donors (Lipinski definition) is 1. The summed E-state index contributed by atoms with van der Waals surface area (Å²) in [5.74, 6) is -0.390. The summed E-state index contributed by atoms with van der Waals surface area (Å²) in [5, 5.41) is 9.39. The topological polar surface area (TPSA) is 126 Å². The van der Waals surface area contributed by atoms with Gasteiger partial charge in [0.05, 0.1) is 24.0 Å². The van der Waals surface area contributed by atoms with E-state index >= 15 is 0 Å². The van der Waals surface area contributed by atoms with Gasteiger partial charge in [-0.25, -0.2) is 13.4 Å². The molecular formula is C15H18N4O4S2. The van der Waals surface area contributed by atoms with Crippen molar-refractivity contribution in [1.29, 1.82) is 5.26 Å². The largest absolute Gasteiger partial charge is 0.401 e. The van der Waals surface area contributed by atoms with Crippen LogP contribution < -0.4 is 5.73 Å². The highest BCUT2D eigenvalue weighted by Crippen LogP contribution is 2.21. The van der Waals surface area contributed by atoms with Crippen LogP contribution in [0.25, 0.3) is 0 Å². The Morgan fingerprint density at radius 3 is 2.64 bits per heavy atom. The van der Waals surface area contributed by atoms with E-state index < -0.39 is 10.0 Å². The molecule has 8 nitrogen and oxygen atoms in total. The normalized spacial score (nSPS) is 16.8. The van der Waals surface area contributed by atoms with Crippen molar-refractivity contribution in [2.24, 2.45) is 5.73 Å². The van der Waals surface area contributed by atoms with Crippen LogP contribution in [0, 0.1) is 11.3 Å². The van der Waals surface area contributed by atoms with E-state index in [2.05, 4.69) is 4.98 Å². The third kappa shape index (κ3) is 4.79. The number of nitrogens with zero attached hydrogens (tertiary/aromatic N) is 3. The standard InChI is InChI=1S/C15H18N4O4S2/c1-11(17)13(8-16)14(20)10-24-15-3-2-12(9-18-15)25(21,22)19-4-6-23-7-5-19/h2-3,9H,4-7,10,17H2,1H3/b13-11+. The summed E-state index contributed by atoms with van der Waals surface area (Å²) in [6.45, 7) is 2.87. The molecule has 25 heavy (non-hydrogen) atoms. The van der Waals surface area contributed by atoms with Gasteiger partial charge in [0.25, 0.3) is 0 Å². The average Bonchev–Trinajstić information content (AvgIpc) is 2.61. The first-order chi connectivity index (χ1) is 11.9. The van der Waals surface area contributed by atoms with E-state index in [1.54, 1.807) is 6.07 Å². The van der Waals surface area contributed by atoms with E-state index in [4.69, 9.17) is 15.7 Å². The number of sulfonamides is 1. The maximum absolute atomic E-state index is 12.5. The van der Waals surface area contributed by atoms with Crippen molar-refractivity contribution < 1.29 is 17.9 Å². The van der Waals surface area contributed by atoms with Crippen LogP contribution in [0.2, 0.25) is 0 Å². The van der Waals surface area contributed by atoms with Crippen molar-refractivity contribution in [3.8, 4) is 6.07 Å². The Kier molecular flexibility index (Phi) is 6.55. The summed E-state index contributed by atoms with van der Waals surface area (Å²) in [5.41, 5.74) is 5.59. The molecule has 1 aliphatic rings. The van der Waals surface area contributed by atoms with Crippen LogP contribution in [-0.2, 0) is 19.6 Å². The predicted octanol–water partition coefficient (Wildman–Crippen LogP) is 0.520. The zero-order valence-corrected chi connectivity index (χ0v) is 15.3. The molecule has 2 heterocycles. The second-order valence-electron chi connectivity index (χ2n) is 5.23. The fourth-order valence-electron chi connectivity index (χ4n) is 2.12. The molecule has 1 aromatic heterocycles. The number of Topliss-reactive ketones (excluding diaryl/α,β-unsaturated/α-hetero) is 1. The molecule has 0 radical (unpaired) electrons. The van der Waals surface area contributed by atoms with Crippen molar-refractivity contribution in [2.75, 3.05) is 32.1 Å². The summed E-state index contributed by atoms with van der Waals surface area (Å²) >= 11 is 1.11. The summed E-state index contributed by atoms with van der Waals surface area (Å²) < 4.78 is 31.5. The first kappa shape index (κ1) is 19.4. The van der Waals surface area contributed by atoms with E-state index in [0.717, 1.165) is 11.8 Å². The van der Waals surface area contributed by atoms with Gasteiger partial charge in [0.15, 0.2) is 5.78 Å². The molecule has 1 saturated heterocycles. The lowest BCUT2D eigenvalue weighted by Crippen LogP contribution is -2.40. The monoisotopic (exact) mass is 382 g/mol. The van der Waals surface area contributed by atoms with Gasteiger partial charge >= 0.3 is 0 Å². The number of aromatic nitrogens is 1. The highest BCUT2D eigenvalue weighted by molar-refractivity contribution is 7.99. The second kappa shape index (κ2) is 8.44. The fourth-order valence-corrected chi connectivity index (χ4v) is 4.19. The third-order valence-corrected chi connectivity index (χ3v) is 6.28. The van der Waals surface area contributed by atoms with E-state index in [0.29, 0.717) is 31.3 Å². The van der Waals surface area contributed by atoms with Crippen LogP contribution in [0.3, 0.4) is 0 Å². The van der Waals surface area contributed by atoms with Gasteiger partial charge < -0.3 is 10.5 Å². The number of hydrogen-bond acceptors (Lipinski definition) is 8. The molecule has 0 amide bonds. The molecule has 2 N–H and O–H groups in total. The van der Waals surface area contributed by atoms with E-state index in [1.807, 2.05) is 0 Å². The minimum absolute atomic E-state index is 0.00000611. The Balaban J connectivity index is 2.04. The number of rotatable bonds is 6. The number of carbonyl (C=O) groups is 1. The van der Waals surface area contributed by atoms with E-state index in [9.17, 15) is 13.2 Å². The van der Waals surface area contributed by atoms with Crippen LogP contribution in [0.4, 0.5) is 0 Å². The zero-order chi connectivity index (χ0) is 18.4. The van der Waals surface area contributed by atoms with Crippen LogP contribution in [0.1, 0.15) is 6.92 Å².